The molecule has 1 rings (SSSR count). The molecule has 1 heterocycles. The fourth-order valence-electron chi connectivity index (χ4n) is 1.45. The summed E-state index contributed by atoms with van der Waals surface area (Å²) in [6.07, 6.45) is 0.561. The highest BCUT2D eigenvalue weighted by Crippen LogP contribution is 2.14. The van der Waals surface area contributed by atoms with Gasteiger partial charge in [-0.25, -0.2) is 9.48 Å². The third-order valence-electron chi connectivity index (χ3n) is 2.75. The monoisotopic (exact) mass is 256 g/mol. The second-order valence-corrected chi connectivity index (χ2v) is 4.32. The van der Waals surface area contributed by atoms with Crippen LogP contribution in [0.3, 0.4) is 0 Å². The van der Waals surface area contributed by atoms with Crippen LogP contribution < -0.4 is 5.73 Å². The van der Waals surface area contributed by atoms with Gasteiger partial charge in [0.15, 0.2) is 5.69 Å². The number of esters is 1. The van der Waals surface area contributed by atoms with E-state index in [4.69, 9.17) is 10.5 Å². The Balaban J connectivity index is 2.98. The van der Waals surface area contributed by atoms with E-state index in [-0.39, 0.29) is 25.4 Å². The van der Waals surface area contributed by atoms with E-state index in [2.05, 4.69) is 10.3 Å². The van der Waals surface area contributed by atoms with E-state index in [9.17, 15) is 9.90 Å². The average Bonchev–Trinajstić information content (AvgIpc) is 2.71. The highest BCUT2D eigenvalue weighted by atomic mass is 16.5. The molecular weight excluding hydrogens is 236 g/mol. The first-order chi connectivity index (χ1) is 8.45. The van der Waals surface area contributed by atoms with E-state index < -0.39 is 11.6 Å². The van der Waals surface area contributed by atoms with E-state index in [1.54, 1.807) is 13.8 Å². The van der Waals surface area contributed by atoms with Gasteiger partial charge in [0, 0.05) is 6.54 Å². The van der Waals surface area contributed by atoms with Crippen molar-refractivity contribution in [3.8, 4) is 0 Å². The number of ether oxygens (including phenoxy) is 1. The lowest BCUT2D eigenvalue weighted by Crippen LogP contribution is -2.31. The second-order valence-electron chi connectivity index (χ2n) is 4.32. The van der Waals surface area contributed by atoms with Gasteiger partial charge in [-0.2, -0.15) is 0 Å². The Bertz CT molecular complexity index is 414. The molecule has 1 aromatic heterocycles. The van der Waals surface area contributed by atoms with Crippen molar-refractivity contribution in [2.45, 2.75) is 45.9 Å². The summed E-state index contributed by atoms with van der Waals surface area (Å²) in [5.41, 5.74) is 5.28. The fourth-order valence-corrected chi connectivity index (χ4v) is 1.45. The zero-order valence-corrected chi connectivity index (χ0v) is 11.0. The topological polar surface area (TPSA) is 103 Å². The molecule has 0 fully saturated rings. The van der Waals surface area contributed by atoms with E-state index in [0.717, 1.165) is 0 Å². The third kappa shape index (κ3) is 3.27. The van der Waals surface area contributed by atoms with Crippen LogP contribution >= 0.6 is 0 Å². The quantitative estimate of drug-likeness (QED) is 0.698. The Morgan fingerprint density at radius 3 is 2.72 bits per heavy atom. The number of carbonyl (C=O) groups is 1. The molecule has 0 amide bonds. The molecule has 3 N–H and O–H groups in total. The van der Waals surface area contributed by atoms with Crippen molar-refractivity contribution in [2.75, 3.05) is 6.61 Å². The maximum absolute atomic E-state index is 11.6. The van der Waals surface area contributed by atoms with Gasteiger partial charge in [-0.05, 0) is 20.3 Å². The van der Waals surface area contributed by atoms with E-state index in [1.807, 2.05) is 6.92 Å². The molecule has 0 saturated carbocycles. The molecule has 18 heavy (non-hydrogen) atoms. The van der Waals surface area contributed by atoms with Gasteiger partial charge >= 0.3 is 5.97 Å². The van der Waals surface area contributed by atoms with Crippen molar-refractivity contribution < 1.29 is 14.6 Å². The van der Waals surface area contributed by atoms with Gasteiger partial charge in [0.1, 0.15) is 0 Å². The van der Waals surface area contributed by atoms with Crippen molar-refractivity contribution >= 4 is 5.97 Å². The van der Waals surface area contributed by atoms with Gasteiger partial charge in [0.25, 0.3) is 0 Å². The highest BCUT2D eigenvalue weighted by molar-refractivity contribution is 5.88. The van der Waals surface area contributed by atoms with Crippen molar-refractivity contribution in [3.63, 3.8) is 0 Å². The van der Waals surface area contributed by atoms with Gasteiger partial charge in [-0.15, -0.1) is 5.10 Å². The minimum atomic E-state index is -0.913. The van der Waals surface area contributed by atoms with Gasteiger partial charge in [0.05, 0.1) is 24.4 Å². The molecule has 7 heteroatoms. The van der Waals surface area contributed by atoms with Crippen LogP contribution in [0, 0.1) is 0 Å². The van der Waals surface area contributed by atoms with E-state index >= 15 is 0 Å². The first-order valence-corrected chi connectivity index (χ1v) is 5.97. The van der Waals surface area contributed by atoms with E-state index in [1.165, 1.54) is 4.68 Å². The van der Waals surface area contributed by atoms with E-state index in [0.29, 0.717) is 12.1 Å². The van der Waals surface area contributed by atoms with Crippen molar-refractivity contribution in [1.29, 1.82) is 0 Å². The van der Waals surface area contributed by atoms with Crippen LogP contribution in [0.25, 0.3) is 0 Å². The predicted octanol–water partition coefficient (Wildman–Crippen LogP) is 0.0745. The lowest BCUT2D eigenvalue weighted by atomic mass is 10.0. The molecule has 0 aliphatic rings. The summed E-state index contributed by atoms with van der Waals surface area (Å²) in [6.45, 7) is 5.89. The lowest BCUT2D eigenvalue weighted by molar-refractivity contribution is 0.0329. The summed E-state index contributed by atoms with van der Waals surface area (Å²) in [7, 11) is 0. The summed E-state index contributed by atoms with van der Waals surface area (Å²) in [4.78, 5) is 11.6. The Morgan fingerprint density at radius 1 is 1.56 bits per heavy atom. The largest absolute Gasteiger partial charge is 0.461 e. The van der Waals surface area contributed by atoms with Crippen LogP contribution in [-0.4, -0.2) is 38.3 Å². The molecule has 0 saturated heterocycles. The third-order valence-corrected chi connectivity index (χ3v) is 2.75. The molecule has 1 unspecified atom stereocenters. The Hall–Kier alpha value is -1.47. The molecule has 0 aliphatic heterocycles. The van der Waals surface area contributed by atoms with Crippen molar-refractivity contribution in [3.05, 3.63) is 11.4 Å². The van der Waals surface area contributed by atoms with Gasteiger partial charge < -0.3 is 15.6 Å². The number of nitrogens with zero attached hydrogens (tertiary/aromatic N) is 3. The maximum Gasteiger partial charge on any atom is 0.360 e. The Labute approximate surface area is 106 Å². The Kier molecular flexibility index (Phi) is 4.80. The summed E-state index contributed by atoms with van der Waals surface area (Å²) in [6, 6.07) is 0. The number of aromatic nitrogens is 3. The van der Waals surface area contributed by atoms with Crippen LogP contribution in [-0.2, 0) is 17.8 Å². The number of rotatable bonds is 6. The molecule has 7 nitrogen and oxygen atoms in total. The van der Waals surface area contributed by atoms with Gasteiger partial charge in [-0.1, -0.05) is 12.1 Å². The summed E-state index contributed by atoms with van der Waals surface area (Å²) < 4.78 is 6.32. The molecule has 102 valence electrons. The minimum Gasteiger partial charge on any atom is -0.461 e. The number of hydrogen-bond donors (Lipinski definition) is 2. The SMILES string of the molecule is CCOC(=O)c1nnn(CC(C)(O)CC)c1CN. The predicted molar refractivity (Wildman–Crippen MR) is 64.8 cm³/mol. The molecule has 0 spiro atoms. The second kappa shape index (κ2) is 5.92. The van der Waals surface area contributed by atoms with Crippen molar-refractivity contribution in [2.24, 2.45) is 5.73 Å². The molecule has 0 aliphatic carbocycles. The molecular formula is C11H20N4O3. The molecule has 0 radical (unpaired) electrons. The lowest BCUT2D eigenvalue weighted by Gasteiger charge is -2.21. The summed E-state index contributed by atoms with van der Waals surface area (Å²) in [5, 5.41) is 17.6. The highest BCUT2D eigenvalue weighted by Gasteiger charge is 2.25. The zero-order chi connectivity index (χ0) is 13.8. The van der Waals surface area contributed by atoms with Crippen LogP contribution in [0.1, 0.15) is 43.4 Å². The van der Waals surface area contributed by atoms with Crippen LogP contribution in [0.15, 0.2) is 0 Å². The molecule has 1 atom stereocenters. The fraction of sp³-hybridized carbons (Fsp3) is 0.727. The molecule has 1 aromatic rings. The average molecular weight is 256 g/mol. The van der Waals surface area contributed by atoms with Gasteiger partial charge in [0.2, 0.25) is 0 Å². The number of nitrogens with two attached hydrogens (primary N) is 1. The summed E-state index contributed by atoms with van der Waals surface area (Å²) in [5.74, 6) is -0.541. The normalized spacial score (nSPS) is 14.3. The van der Waals surface area contributed by atoms with Crippen molar-refractivity contribution in [1.82, 2.24) is 15.0 Å². The molecule has 0 bridgehead atoms. The number of hydrogen-bond acceptors (Lipinski definition) is 6. The van der Waals surface area contributed by atoms with Gasteiger partial charge in [-0.3, -0.25) is 0 Å². The molecule has 0 aromatic carbocycles. The first kappa shape index (κ1) is 14.6. The number of carbonyl (C=O) groups excluding carboxylic acids is 1. The zero-order valence-electron chi connectivity index (χ0n) is 11.0. The smallest absolute Gasteiger partial charge is 0.360 e. The van der Waals surface area contributed by atoms with Crippen LogP contribution in [0.2, 0.25) is 0 Å². The standard InChI is InChI=1S/C11H20N4O3/c1-4-11(3,17)7-15-8(6-12)9(13-14-15)10(16)18-5-2/h17H,4-7,12H2,1-3H3. The summed E-state index contributed by atoms with van der Waals surface area (Å²) >= 11 is 0. The Morgan fingerprint density at radius 2 is 2.22 bits per heavy atom. The minimum absolute atomic E-state index is 0.112. The maximum atomic E-state index is 11.6. The van der Waals surface area contributed by atoms with Crippen LogP contribution in [0.5, 0.6) is 0 Å². The first-order valence-electron chi connectivity index (χ1n) is 5.97. The van der Waals surface area contributed by atoms with Crippen LogP contribution in [0.4, 0.5) is 0 Å². The number of aliphatic hydroxyl groups is 1.